The third kappa shape index (κ3) is 6.62. The molecule has 15 heteroatoms. The van der Waals surface area contributed by atoms with Gasteiger partial charge in [-0.15, -0.1) is 0 Å². The van der Waals surface area contributed by atoms with E-state index in [0.717, 1.165) is 30.1 Å². The van der Waals surface area contributed by atoms with E-state index in [9.17, 15) is 12.8 Å². The number of halogens is 3. The van der Waals surface area contributed by atoms with Crippen LogP contribution >= 0.6 is 0 Å². The molecule has 0 saturated carbocycles. The van der Waals surface area contributed by atoms with Gasteiger partial charge in [-0.25, -0.2) is 36.5 Å². The van der Waals surface area contributed by atoms with E-state index >= 15 is 8.78 Å². The minimum atomic E-state index is -4.52. The van der Waals surface area contributed by atoms with Crippen LogP contribution in [0.2, 0.25) is 25.7 Å². The lowest BCUT2D eigenvalue weighted by molar-refractivity contribution is 0.0882. The molecule has 0 amide bonds. The molecule has 230 valence electrons. The number of ether oxygens (including phenoxy) is 2. The second kappa shape index (κ2) is 12.1. The molecule has 0 radical (unpaired) electrons. The number of rotatable bonds is 11. The first-order valence-corrected chi connectivity index (χ1v) is 18.9. The van der Waals surface area contributed by atoms with Crippen LogP contribution in [0.25, 0.3) is 11.5 Å². The number of hydrogen-bond acceptors (Lipinski definition) is 7. The number of anilines is 1. The first kappa shape index (κ1) is 30.8. The number of imidazole rings is 2. The van der Waals surface area contributed by atoms with E-state index in [1.54, 1.807) is 12.5 Å². The molecule has 10 nitrogen and oxygen atoms in total. The number of pyridine rings is 1. The van der Waals surface area contributed by atoms with Crippen molar-refractivity contribution in [1.82, 2.24) is 24.1 Å². The molecule has 4 heterocycles. The molecule has 1 aliphatic rings. The Morgan fingerprint density at radius 3 is 2.67 bits per heavy atom. The first-order valence-electron chi connectivity index (χ1n) is 13.7. The van der Waals surface area contributed by atoms with E-state index in [1.807, 2.05) is 15.3 Å². The fourth-order valence-electron chi connectivity index (χ4n) is 5.04. The van der Waals surface area contributed by atoms with Crippen LogP contribution in [0.15, 0.2) is 48.0 Å². The third-order valence-electron chi connectivity index (χ3n) is 7.29. The molecule has 5 rings (SSSR count). The van der Waals surface area contributed by atoms with Crippen molar-refractivity contribution in [2.45, 2.75) is 62.6 Å². The molecule has 1 atom stereocenters. The van der Waals surface area contributed by atoms with Crippen molar-refractivity contribution in [3.63, 3.8) is 0 Å². The maximum atomic E-state index is 15.8. The van der Waals surface area contributed by atoms with Gasteiger partial charge >= 0.3 is 0 Å². The number of fused-ring (bicyclic) bond motifs is 1. The van der Waals surface area contributed by atoms with Gasteiger partial charge in [-0.05, 0) is 31.0 Å². The summed E-state index contributed by atoms with van der Waals surface area (Å²) >= 11 is 0. The molecule has 1 unspecified atom stereocenters. The van der Waals surface area contributed by atoms with Crippen LogP contribution in [-0.4, -0.2) is 54.3 Å². The van der Waals surface area contributed by atoms with Crippen LogP contribution < -0.4 is 9.46 Å². The lowest BCUT2D eigenvalue weighted by Gasteiger charge is -2.26. The highest BCUT2D eigenvalue weighted by molar-refractivity contribution is 7.92. The molecule has 1 aliphatic heterocycles. The predicted molar refractivity (Wildman–Crippen MR) is 157 cm³/mol. The van der Waals surface area contributed by atoms with Gasteiger partial charge in [0, 0.05) is 56.9 Å². The van der Waals surface area contributed by atoms with Crippen molar-refractivity contribution < 1.29 is 31.1 Å². The van der Waals surface area contributed by atoms with Crippen molar-refractivity contribution in [3.8, 4) is 17.4 Å². The van der Waals surface area contributed by atoms with Gasteiger partial charge in [0.1, 0.15) is 24.1 Å². The number of aromatic nitrogens is 5. The average Bonchev–Trinajstić information content (AvgIpc) is 3.58. The summed E-state index contributed by atoms with van der Waals surface area (Å²) in [4.78, 5) is 12.0. The second-order valence-electron chi connectivity index (χ2n) is 11.6. The molecule has 1 aromatic carbocycles. The summed E-state index contributed by atoms with van der Waals surface area (Å²) in [6, 6.07) is 3.75. The Bertz CT molecular complexity index is 1740. The Morgan fingerprint density at radius 1 is 1.14 bits per heavy atom. The summed E-state index contributed by atoms with van der Waals surface area (Å²) in [5.41, 5.74) is 0.838. The van der Waals surface area contributed by atoms with Crippen molar-refractivity contribution >= 4 is 23.8 Å². The van der Waals surface area contributed by atoms with E-state index in [2.05, 4.69) is 39.3 Å². The van der Waals surface area contributed by atoms with Gasteiger partial charge in [0.15, 0.2) is 16.5 Å². The molecule has 0 fully saturated rings. The molecule has 43 heavy (non-hydrogen) atoms. The van der Waals surface area contributed by atoms with E-state index in [1.165, 1.54) is 7.11 Å². The number of methoxy groups -OCH3 is 1. The van der Waals surface area contributed by atoms with Crippen molar-refractivity contribution in [2.75, 3.05) is 18.4 Å². The second-order valence-corrected chi connectivity index (χ2v) is 18.9. The summed E-state index contributed by atoms with van der Waals surface area (Å²) in [5, 5.41) is 0. The van der Waals surface area contributed by atoms with E-state index in [0.29, 0.717) is 43.8 Å². The molecule has 4 aromatic rings. The van der Waals surface area contributed by atoms with Crippen molar-refractivity contribution in [3.05, 3.63) is 71.8 Å². The number of benzene rings is 1. The molecule has 0 spiro atoms. The topological polar surface area (TPSA) is 113 Å². The van der Waals surface area contributed by atoms with Crippen LogP contribution in [0.1, 0.15) is 23.6 Å². The van der Waals surface area contributed by atoms with Crippen LogP contribution in [0, 0.1) is 17.5 Å². The highest BCUT2D eigenvalue weighted by Gasteiger charge is 2.31. The van der Waals surface area contributed by atoms with Crippen molar-refractivity contribution in [2.24, 2.45) is 0 Å². The van der Waals surface area contributed by atoms with Crippen LogP contribution in [0.3, 0.4) is 0 Å². The third-order valence-corrected chi connectivity index (χ3v) is 10.4. The summed E-state index contributed by atoms with van der Waals surface area (Å²) in [6.45, 7) is 8.09. The zero-order chi connectivity index (χ0) is 30.9. The summed E-state index contributed by atoms with van der Waals surface area (Å²) in [7, 11) is -4.57. The van der Waals surface area contributed by atoms with Gasteiger partial charge < -0.3 is 18.6 Å². The molecular weight excluding hydrogens is 601 g/mol. The maximum Gasteiger partial charge on any atom is 0.267 e. The van der Waals surface area contributed by atoms with Crippen LogP contribution in [-0.2, 0) is 34.5 Å². The molecule has 3 aromatic heterocycles. The van der Waals surface area contributed by atoms with Gasteiger partial charge in [-0.2, -0.15) is 0 Å². The Morgan fingerprint density at radius 2 is 1.93 bits per heavy atom. The van der Waals surface area contributed by atoms with Gasteiger partial charge in [0.05, 0.1) is 25.3 Å². The smallest absolute Gasteiger partial charge is 0.267 e. The van der Waals surface area contributed by atoms with E-state index in [-0.39, 0.29) is 18.0 Å². The maximum absolute atomic E-state index is 15.8. The lowest BCUT2D eigenvalue weighted by Crippen LogP contribution is -2.22. The fourth-order valence-corrected chi connectivity index (χ4v) is 6.98. The molecule has 0 saturated heterocycles. The van der Waals surface area contributed by atoms with Gasteiger partial charge in [-0.1, -0.05) is 19.6 Å². The molecular formula is C28H33F3N6O4SSi. The monoisotopic (exact) mass is 634 g/mol. The summed E-state index contributed by atoms with van der Waals surface area (Å²) in [6.07, 6.45) is 6.77. The van der Waals surface area contributed by atoms with Gasteiger partial charge in [-0.3, -0.25) is 4.72 Å². The lowest BCUT2D eigenvalue weighted by atomic mass is 9.89. The molecule has 0 aliphatic carbocycles. The Balaban J connectivity index is 1.36. The highest BCUT2D eigenvalue weighted by Crippen LogP contribution is 2.37. The van der Waals surface area contributed by atoms with E-state index < -0.39 is 52.0 Å². The highest BCUT2D eigenvalue weighted by atomic mass is 32.2. The van der Waals surface area contributed by atoms with Crippen LogP contribution in [0.4, 0.5) is 18.9 Å². The average molecular weight is 635 g/mol. The number of sulfonamides is 1. The first-order chi connectivity index (χ1) is 20.4. The Labute approximate surface area is 249 Å². The minimum absolute atomic E-state index is 0.224. The van der Waals surface area contributed by atoms with Crippen LogP contribution in [0.5, 0.6) is 5.88 Å². The molecule has 0 bridgehead atoms. The number of nitrogens with one attached hydrogen (secondary N) is 1. The summed E-state index contributed by atoms with van der Waals surface area (Å²) in [5.74, 6) is -3.09. The largest absolute Gasteiger partial charge is 0.480 e. The normalized spacial score (nSPS) is 15.4. The fraction of sp³-hybridized carbons (Fsp3) is 0.393. The predicted octanol–water partition coefficient (Wildman–Crippen LogP) is 5.41. The van der Waals surface area contributed by atoms with E-state index in [4.69, 9.17) is 9.47 Å². The van der Waals surface area contributed by atoms with Gasteiger partial charge in [0.2, 0.25) is 5.88 Å². The quantitative estimate of drug-likeness (QED) is 0.173. The zero-order valence-electron chi connectivity index (χ0n) is 24.3. The Kier molecular flexibility index (Phi) is 8.67. The number of hydrogen-bond donors (Lipinski definition) is 1. The van der Waals surface area contributed by atoms with Gasteiger partial charge in [0.25, 0.3) is 10.0 Å². The summed E-state index contributed by atoms with van der Waals surface area (Å²) < 4.78 is 87.3. The SMILES string of the molecule is COc1ncc(F)cc1S(=O)(=O)Nc1ccc(F)c(C2CCc3c(-c4nccn4COCC[Si](C)(C)C)ncn3C2)c1F. The standard InChI is InChI=1S/C28H33F3N6O4SSi/c1-40-28-23(13-19(29)14-33-28)42(38,39)35-21-7-6-20(30)24(25(21)31)18-5-8-22-26(34-16-37(22)15-18)27-32-9-10-36(27)17-41-11-12-43(2,3)4/h6-7,9-10,13-14,16,18,35H,5,8,11-12,15,17H2,1-4H3. The molecule has 1 N–H and O–H groups in total. The number of nitrogens with zero attached hydrogens (tertiary/aromatic N) is 5. The van der Waals surface area contributed by atoms with Crippen molar-refractivity contribution in [1.29, 1.82) is 0 Å². The zero-order valence-corrected chi connectivity index (χ0v) is 26.1. The Hall–Kier alpha value is -3.69. The minimum Gasteiger partial charge on any atom is -0.480 e.